The summed E-state index contributed by atoms with van der Waals surface area (Å²) in [5.74, 6) is -0.199. The van der Waals surface area contributed by atoms with Crippen LogP contribution in [0.4, 0.5) is 4.39 Å². The number of ether oxygens (including phenoxy) is 1. The Bertz CT molecular complexity index is 527. The first-order chi connectivity index (χ1) is 8.15. The van der Waals surface area contributed by atoms with Crippen LogP contribution in [0.2, 0.25) is 0 Å². The van der Waals surface area contributed by atoms with E-state index in [-0.39, 0.29) is 5.75 Å². The normalized spacial score (nSPS) is 12.5. The number of aromatic nitrogens is 1. The monoisotopic (exact) mass is 252 g/mol. The lowest BCUT2D eigenvalue weighted by molar-refractivity contribution is 0.383. The minimum atomic E-state index is -0.502. The van der Waals surface area contributed by atoms with Crippen molar-refractivity contribution in [2.75, 3.05) is 7.11 Å². The molecule has 3 nitrogen and oxygen atoms in total. The molecule has 1 unspecified atom stereocenters. The fraction of sp³-hybridized carbons (Fsp3) is 0.250. The molecule has 0 saturated heterocycles. The van der Waals surface area contributed by atoms with Gasteiger partial charge in [0.1, 0.15) is 0 Å². The number of hydrogen-bond acceptors (Lipinski definition) is 4. The Morgan fingerprint density at radius 2 is 2.24 bits per heavy atom. The van der Waals surface area contributed by atoms with Gasteiger partial charge in [0.05, 0.1) is 24.4 Å². The fourth-order valence-electron chi connectivity index (χ4n) is 1.68. The number of thiazole rings is 1. The molecule has 2 aromatic rings. The summed E-state index contributed by atoms with van der Waals surface area (Å²) < 4.78 is 19.0. The van der Waals surface area contributed by atoms with Gasteiger partial charge in [0.25, 0.3) is 0 Å². The Hall–Kier alpha value is -1.46. The van der Waals surface area contributed by atoms with Gasteiger partial charge in [-0.3, -0.25) is 0 Å². The number of rotatable bonds is 3. The van der Waals surface area contributed by atoms with Crippen molar-refractivity contribution in [3.05, 3.63) is 45.7 Å². The Balaban J connectivity index is 2.44. The van der Waals surface area contributed by atoms with Gasteiger partial charge in [0.15, 0.2) is 11.6 Å². The molecule has 2 rings (SSSR count). The van der Waals surface area contributed by atoms with E-state index in [0.717, 1.165) is 10.6 Å². The summed E-state index contributed by atoms with van der Waals surface area (Å²) in [6.45, 7) is 1.86. The summed E-state index contributed by atoms with van der Waals surface area (Å²) in [6, 6.07) is 4.47. The molecule has 0 saturated carbocycles. The van der Waals surface area contributed by atoms with Crippen LogP contribution in [0.15, 0.2) is 23.7 Å². The molecule has 0 spiro atoms. The van der Waals surface area contributed by atoms with E-state index < -0.39 is 11.9 Å². The van der Waals surface area contributed by atoms with Crippen molar-refractivity contribution in [3.63, 3.8) is 0 Å². The van der Waals surface area contributed by atoms with E-state index in [4.69, 9.17) is 10.5 Å². The molecule has 17 heavy (non-hydrogen) atoms. The molecule has 1 atom stereocenters. The molecule has 0 bridgehead atoms. The van der Waals surface area contributed by atoms with Crippen LogP contribution < -0.4 is 10.5 Å². The van der Waals surface area contributed by atoms with E-state index >= 15 is 0 Å². The molecule has 0 aliphatic heterocycles. The third-order valence-electron chi connectivity index (χ3n) is 2.61. The molecule has 1 heterocycles. The maximum Gasteiger partial charge on any atom is 0.170 e. The highest BCUT2D eigenvalue weighted by molar-refractivity contribution is 7.09. The van der Waals surface area contributed by atoms with Crippen molar-refractivity contribution >= 4 is 11.3 Å². The molecule has 0 aliphatic carbocycles. The summed E-state index contributed by atoms with van der Waals surface area (Å²) in [5, 5.41) is 0. The molecular weight excluding hydrogens is 239 g/mol. The summed E-state index contributed by atoms with van der Waals surface area (Å²) >= 11 is 1.43. The first-order valence-electron chi connectivity index (χ1n) is 5.13. The Kier molecular flexibility index (Phi) is 3.40. The van der Waals surface area contributed by atoms with E-state index in [2.05, 4.69) is 4.98 Å². The van der Waals surface area contributed by atoms with Crippen LogP contribution in [-0.4, -0.2) is 12.1 Å². The first-order valence-corrected chi connectivity index (χ1v) is 6.01. The maximum atomic E-state index is 14.0. The summed E-state index contributed by atoms with van der Waals surface area (Å²) in [5.41, 5.74) is 9.04. The van der Waals surface area contributed by atoms with Crippen molar-refractivity contribution in [2.24, 2.45) is 5.73 Å². The SMILES string of the molecule is COc1cccc(C(N)c2scnc2C)c1F. The predicted octanol–water partition coefficient (Wildman–Crippen LogP) is 2.65. The number of aryl methyl sites for hydroxylation is 1. The van der Waals surface area contributed by atoms with Gasteiger partial charge >= 0.3 is 0 Å². The lowest BCUT2D eigenvalue weighted by Gasteiger charge is -2.13. The van der Waals surface area contributed by atoms with Crippen LogP contribution in [0.3, 0.4) is 0 Å². The Morgan fingerprint density at radius 1 is 1.47 bits per heavy atom. The molecular formula is C12H13FN2OS. The van der Waals surface area contributed by atoms with Gasteiger partial charge in [-0.15, -0.1) is 11.3 Å². The Morgan fingerprint density at radius 3 is 2.82 bits per heavy atom. The van der Waals surface area contributed by atoms with Crippen LogP contribution in [0.1, 0.15) is 22.2 Å². The predicted molar refractivity (Wildman–Crippen MR) is 65.8 cm³/mol. The highest BCUT2D eigenvalue weighted by Gasteiger charge is 2.19. The zero-order valence-electron chi connectivity index (χ0n) is 9.61. The quantitative estimate of drug-likeness (QED) is 0.913. The number of benzene rings is 1. The van der Waals surface area contributed by atoms with Crippen molar-refractivity contribution < 1.29 is 9.13 Å². The second-order valence-electron chi connectivity index (χ2n) is 3.64. The lowest BCUT2D eigenvalue weighted by Crippen LogP contribution is -2.13. The van der Waals surface area contributed by atoms with Gasteiger partial charge < -0.3 is 10.5 Å². The molecule has 1 aromatic carbocycles. The fourth-order valence-corrected chi connectivity index (χ4v) is 2.50. The summed E-state index contributed by atoms with van der Waals surface area (Å²) in [4.78, 5) is 4.99. The number of nitrogens with zero attached hydrogens (tertiary/aromatic N) is 1. The lowest BCUT2D eigenvalue weighted by atomic mass is 10.0. The standard InChI is InChI=1S/C12H13FN2OS/c1-7-12(17-6-15-7)11(14)8-4-3-5-9(16-2)10(8)13/h3-6,11H,14H2,1-2H3. The van der Waals surface area contributed by atoms with E-state index in [9.17, 15) is 4.39 Å². The van der Waals surface area contributed by atoms with E-state index in [1.54, 1.807) is 23.7 Å². The molecule has 2 N–H and O–H groups in total. The van der Waals surface area contributed by atoms with E-state index in [1.165, 1.54) is 18.4 Å². The zero-order chi connectivity index (χ0) is 12.4. The smallest absolute Gasteiger partial charge is 0.170 e. The van der Waals surface area contributed by atoms with Gasteiger partial charge in [0, 0.05) is 10.4 Å². The second kappa shape index (κ2) is 4.81. The minimum absolute atomic E-state index is 0.208. The van der Waals surface area contributed by atoms with Gasteiger partial charge in [0.2, 0.25) is 0 Å². The average Bonchev–Trinajstić information content (AvgIpc) is 2.75. The van der Waals surface area contributed by atoms with Crippen LogP contribution in [-0.2, 0) is 0 Å². The minimum Gasteiger partial charge on any atom is -0.494 e. The third-order valence-corrected chi connectivity index (χ3v) is 3.63. The summed E-state index contributed by atoms with van der Waals surface area (Å²) in [6.07, 6.45) is 0. The topological polar surface area (TPSA) is 48.1 Å². The molecule has 0 fully saturated rings. The average molecular weight is 252 g/mol. The highest BCUT2D eigenvalue weighted by atomic mass is 32.1. The number of halogens is 1. The van der Waals surface area contributed by atoms with Gasteiger partial charge in [-0.2, -0.15) is 0 Å². The molecule has 0 radical (unpaired) electrons. The first kappa shape index (κ1) is 12.0. The van der Waals surface area contributed by atoms with Crippen molar-refractivity contribution in [1.29, 1.82) is 0 Å². The zero-order valence-corrected chi connectivity index (χ0v) is 10.4. The summed E-state index contributed by atoms with van der Waals surface area (Å²) in [7, 11) is 1.44. The third kappa shape index (κ3) is 2.16. The molecule has 0 amide bonds. The van der Waals surface area contributed by atoms with Crippen molar-refractivity contribution in [2.45, 2.75) is 13.0 Å². The van der Waals surface area contributed by atoms with Gasteiger partial charge in [-0.1, -0.05) is 12.1 Å². The van der Waals surface area contributed by atoms with Crippen molar-refractivity contribution in [1.82, 2.24) is 4.98 Å². The Labute approximate surface area is 103 Å². The number of nitrogens with two attached hydrogens (primary N) is 1. The van der Waals surface area contributed by atoms with Crippen LogP contribution in [0.25, 0.3) is 0 Å². The largest absolute Gasteiger partial charge is 0.494 e. The van der Waals surface area contributed by atoms with Crippen LogP contribution in [0, 0.1) is 12.7 Å². The number of methoxy groups -OCH3 is 1. The molecule has 5 heteroatoms. The van der Waals surface area contributed by atoms with Gasteiger partial charge in [-0.25, -0.2) is 9.37 Å². The van der Waals surface area contributed by atoms with Crippen LogP contribution >= 0.6 is 11.3 Å². The molecule has 90 valence electrons. The highest BCUT2D eigenvalue weighted by Crippen LogP contribution is 2.30. The molecule has 1 aromatic heterocycles. The van der Waals surface area contributed by atoms with Crippen LogP contribution in [0.5, 0.6) is 5.75 Å². The van der Waals surface area contributed by atoms with E-state index in [0.29, 0.717) is 5.56 Å². The van der Waals surface area contributed by atoms with Crippen molar-refractivity contribution in [3.8, 4) is 5.75 Å². The second-order valence-corrected chi connectivity index (χ2v) is 4.53. The van der Waals surface area contributed by atoms with Gasteiger partial charge in [-0.05, 0) is 13.0 Å². The maximum absolute atomic E-state index is 14.0. The molecule has 0 aliphatic rings. The number of hydrogen-bond donors (Lipinski definition) is 1. The van der Waals surface area contributed by atoms with E-state index in [1.807, 2.05) is 6.92 Å².